The van der Waals surface area contributed by atoms with E-state index in [0.717, 1.165) is 23.9 Å². The highest BCUT2D eigenvalue weighted by Gasteiger charge is 2.28. The Kier molecular flexibility index (Phi) is 3.61. The van der Waals surface area contributed by atoms with E-state index in [9.17, 15) is 4.79 Å². The van der Waals surface area contributed by atoms with Crippen molar-refractivity contribution in [1.82, 2.24) is 4.90 Å². The first-order chi connectivity index (χ1) is 7.72. The van der Waals surface area contributed by atoms with Crippen LogP contribution in [0.15, 0.2) is 28.7 Å². The molecule has 0 bridgehead atoms. The molecule has 1 aliphatic rings. The van der Waals surface area contributed by atoms with Gasteiger partial charge in [-0.25, -0.2) is 0 Å². The summed E-state index contributed by atoms with van der Waals surface area (Å²) in [6, 6.07) is 8.37. The van der Waals surface area contributed by atoms with Crippen LogP contribution in [0.3, 0.4) is 0 Å². The molecule has 1 heterocycles. The smallest absolute Gasteiger partial charge is 0.236 e. The van der Waals surface area contributed by atoms with Crippen LogP contribution >= 0.6 is 15.9 Å². The molecule has 2 rings (SSSR count). The van der Waals surface area contributed by atoms with Crippen LogP contribution in [-0.4, -0.2) is 23.9 Å². The monoisotopic (exact) mass is 282 g/mol. The van der Waals surface area contributed by atoms with Gasteiger partial charge >= 0.3 is 0 Å². The lowest BCUT2D eigenvalue weighted by Crippen LogP contribution is -2.35. The Hall–Kier alpha value is -0.870. The van der Waals surface area contributed by atoms with Gasteiger partial charge in [0.05, 0.1) is 12.6 Å². The third kappa shape index (κ3) is 2.28. The van der Waals surface area contributed by atoms with Crippen LogP contribution in [0.1, 0.15) is 24.4 Å². The zero-order valence-corrected chi connectivity index (χ0v) is 10.6. The molecule has 1 aromatic carbocycles. The summed E-state index contributed by atoms with van der Waals surface area (Å²) in [4.78, 5) is 13.5. The fraction of sp³-hybridized carbons (Fsp3) is 0.417. The van der Waals surface area contributed by atoms with Gasteiger partial charge in [0.15, 0.2) is 0 Å². The number of halogens is 1. The third-order valence-electron chi connectivity index (χ3n) is 3.00. The first-order valence-electron chi connectivity index (χ1n) is 5.47. The molecule has 1 amide bonds. The van der Waals surface area contributed by atoms with Crippen LogP contribution in [0.2, 0.25) is 0 Å². The maximum Gasteiger partial charge on any atom is 0.236 e. The van der Waals surface area contributed by atoms with E-state index in [2.05, 4.69) is 28.1 Å². The molecule has 1 fully saturated rings. The van der Waals surface area contributed by atoms with E-state index in [1.165, 1.54) is 5.56 Å². The first-order valence-corrected chi connectivity index (χ1v) is 6.26. The van der Waals surface area contributed by atoms with Crippen LogP contribution in [0.25, 0.3) is 0 Å². The van der Waals surface area contributed by atoms with Gasteiger partial charge in [0, 0.05) is 11.0 Å². The highest BCUT2D eigenvalue weighted by Crippen LogP contribution is 2.32. The molecule has 1 atom stereocenters. The average Bonchev–Trinajstić information content (AvgIpc) is 2.78. The van der Waals surface area contributed by atoms with E-state index in [1.54, 1.807) is 0 Å². The summed E-state index contributed by atoms with van der Waals surface area (Å²) in [7, 11) is 0. The quantitative estimate of drug-likeness (QED) is 0.903. The Morgan fingerprint density at radius 2 is 2.12 bits per heavy atom. The van der Waals surface area contributed by atoms with E-state index >= 15 is 0 Å². The van der Waals surface area contributed by atoms with E-state index in [0.29, 0.717) is 0 Å². The SMILES string of the molecule is NCC(=O)N1CCCC1c1ccc(Br)cc1. The van der Waals surface area contributed by atoms with Crippen LogP contribution in [0.5, 0.6) is 0 Å². The zero-order chi connectivity index (χ0) is 11.5. The summed E-state index contributed by atoms with van der Waals surface area (Å²) in [5.74, 6) is 0.0467. The summed E-state index contributed by atoms with van der Waals surface area (Å²) in [5, 5.41) is 0. The topological polar surface area (TPSA) is 46.3 Å². The Labute approximate surface area is 104 Å². The number of carbonyl (C=O) groups excluding carboxylic acids is 1. The number of nitrogens with two attached hydrogens (primary N) is 1. The number of carbonyl (C=O) groups is 1. The molecule has 1 aliphatic heterocycles. The highest BCUT2D eigenvalue weighted by molar-refractivity contribution is 9.10. The number of amides is 1. The molecule has 0 radical (unpaired) electrons. The minimum atomic E-state index is 0.0467. The fourth-order valence-electron chi connectivity index (χ4n) is 2.21. The van der Waals surface area contributed by atoms with Gasteiger partial charge in [-0.15, -0.1) is 0 Å². The molecule has 0 spiro atoms. The number of nitrogens with zero attached hydrogens (tertiary/aromatic N) is 1. The minimum absolute atomic E-state index is 0.0467. The number of hydrogen-bond donors (Lipinski definition) is 1. The van der Waals surface area contributed by atoms with Gasteiger partial charge in [-0.2, -0.15) is 0 Å². The van der Waals surface area contributed by atoms with Crippen LogP contribution in [0.4, 0.5) is 0 Å². The van der Waals surface area contributed by atoms with Crippen molar-refractivity contribution in [3.8, 4) is 0 Å². The standard InChI is InChI=1S/C12H15BrN2O/c13-10-5-3-9(4-6-10)11-2-1-7-15(11)12(16)8-14/h3-6,11H,1-2,7-8,14H2. The molecule has 1 aromatic rings. The molecule has 0 saturated carbocycles. The lowest BCUT2D eigenvalue weighted by molar-refractivity contribution is -0.130. The Bertz CT molecular complexity index is 377. The van der Waals surface area contributed by atoms with Crippen LogP contribution in [0, 0.1) is 0 Å². The molecular formula is C12H15BrN2O. The molecular weight excluding hydrogens is 268 g/mol. The molecule has 16 heavy (non-hydrogen) atoms. The normalized spacial score (nSPS) is 20.1. The van der Waals surface area contributed by atoms with Crippen molar-refractivity contribution < 1.29 is 4.79 Å². The van der Waals surface area contributed by atoms with Crippen molar-refractivity contribution in [2.45, 2.75) is 18.9 Å². The van der Waals surface area contributed by atoms with Gasteiger partial charge < -0.3 is 10.6 Å². The Morgan fingerprint density at radius 1 is 1.44 bits per heavy atom. The van der Waals surface area contributed by atoms with E-state index < -0.39 is 0 Å². The second kappa shape index (κ2) is 4.97. The molecule has 1 saturated heterocycles. The Morgan fingerprint density at radius 3 is 2.75 bits per heavy atom. The predicted octanol–water partition coefficient (Wildman–Crippen LogP) is 2.07. The number of benzene rings is 1. The lowest BCUT2D eigenvalue weighted by Gasteiger charge is -2.24. The largest absolute Gasteiger partial charge is 0.335 e. The first kappa shape index (κ1) is 11.6. The van der Waals surface area contributed by atoms with Crippen molar-refractivity contribution in [3.63, 3.8) is 0 Å². The molecule has 2 N–H and O–H groups in total. The Balaban J connectivity index is 2.19. The molecule has 3 nitrogen and oxygen atoms in total. The van der Waals surface area contributed by atoms with E-state index in [-0.39, 0.29) is 18.5 Å². The third-order valence-corrected chi connectivity index (χ3v) is 3.53. The summed E-state index contributed by atoms with van der Waals surface area (Å²) in [6.07, 6.45) is 2.10. The summed E-state index contributed by atoms with van der Waals surface area (Å²) in [5.41, 5.74) is 6.61. The van der Waals surface area contributed by atoms with Crippen LogP contribution in [-0.2, 0) is 4.79 Å². The van der Waals surface area contributed by atoms with E-state index in [4.69, 9.17) is 5.73 Å². The van der Waals surface area contributed by atoms with Crippen molar-refractivity contribution in [2.75, 3.05) is 13.1 Å². The van der Waals surface area contributed by atoms with Crippen molar-refractivity contribution in [3.05, 3.63) is 34.3 Å². The maximum atomic E-state index is 11.7. The summed E-state index contributed by atoms with van der Waals surface area (Å²) in [6.45, 7) is 0.934. The predicted molar refractivity (Wildman–Crippen MR) is 66.9 cm³/mol. The number of rotatable bonds is 2. The van der Waals surface area contributed by atoms with Gasteiger partial charge in [-0.05, 0) is 30.5 Å². The molecule has 4 heteroatoms. The van der Waals surface area contributed by atoms with Crippen LogP contribution < -0.4 is 5.73 Å². The lowest BCUT2D eigenvalue weighted by atomic mass is 10.0. The second-order valence-corrected chi connectivity index (χ2v) is 4.92. The second-order valence-electron chi connectivity index (χ2n) is 4.00. The summed E-state index contributed by atoms with van der Waals surface area (Å²) < 4.78 is 1.06. The van der Waals surface area contributed by atoms with Gasteiger partial charge in [0.1, 0.15) is 0 Å². The number of likely N-dealkylation sites (tertiary alicyclic amines) is 1. The summed E-state index contributed by atoms with van der Waals surface area (Å²) >= 11 is 3.41. The van der Waals surface area contributed by atoms with Crippen molar-refractivity contribution in [2.24, 2.45) is 5.73 Å². The van der Waals surface area contributed by atoms with Gasteiger partial charge in [0.2, 0.25) is 5.91 Å². The average molecular weight is 283 g/mol. The van der Waals surface area contributed by atoms with Gasteiger partial charge in [-0.1, -0.05) is 28.1 Å². The van der Waals surface area contributed by atoms with Gasteiger partial charge in [-0.3, -0.25) is 4.79 Å². The fourth-order valence-corrected chi connectivity index (χ4v) is 2.48. The molecule has 86 valence electrons. The maximum absolute atomic E-state index is 11.7. The molecule has 1 unspecified atom stereocenters. The van der Waals surface area contributed by atoms with E-state index in [1.807, 2.05) is 17.0 Å². The molecule has 0 aromatic heterocycles. The van der Waals surface area contributed by atoms with Crippen molar-refractivity contribution in [1.29, 1.82) is 0 Å². The number of hydrogen-bond acceptors (Lipinski definition) is 2. The van der Waals surface area contributed by atoms with Gasteiger partial charge in [0.25, 0.3) is 0 Å². The van der Waals surface area contributed by atoms with Crippen molar-refractivity contribution >= 4 is 21.8 Å². The zero-order valence-electron chi connectivity index (χ0n) is 9.03. The molecule has 0 aliphatic carbocycles. The highest BCUT2D eigenvalue weighted by atomic mass is 79.9. The minimum Gasteiger partial charge on any atom is -0.335 e.